The van der Waals surface area contributed by atoms with Gasteiger partial charge >= 0.3 is 0 Å². The summed E-state index contributed by atoms with van der Waals surface area (Å²) in [5.41, 5.74) is 1.13. The zero-order chi connectivity index (χ0) is 17.2. The van der Waals surface area contributed by atoms with Gasteiger partial charge in [0.1, 0.15) is 10.6 Å². The van der Waals surface area contributed by atoms with Crippen molar-refractivity contribution in [1.82, 2.24) is 10.2 Å². The number of amides is 1. The van der Waals surface area contributed by atoms with Gasteiger partial charge in [0.2, 0.25) is 0 Å². The molecule has 26 heavy (non-hydrogen) atoms. The normalized spacial score (nSPS) is 21.8. The number of thiophene rings is 1. The summed E-state index contributed by atoms with van der Waals surface area (Å²) in [4.78, 5) is 17.0. The molecular formula is C20H25ClN2O2S. The zero-order valence-electron chi connectivity index (χ0n) is 14.9. The van der Waals surface area contributed by atoms with Crippen molar-refractivity contribution in [2.45, 2.75) is 38.3 Å². The van der Waals surface area contributed by atoms with Gasteiger partial charge in [-0.25, -0.2) is 0 Å². The summed E-state index contributed by atoms with van der Waals surface area (Å²) >= 11 is 1.54. The first-order chi connectivity index (χ1) is 12.2. The van der Waals surface area contributed by atoms with Gasteiger partial charge in [0, 0.05) is 30.1 Å². The highest BCUT2D eigenvalue weighted by atomic mass is 35.5. The second kappa shape index (κ2) is 8.42. The van der Waals surface area contributed by atoms with Crippen molar-refractivity contribution in [2.75, 3.05) is 19.7 Å². The average Bonchev–Trinajstić information content (AvgIpc) is 3.19. The lowest BCUT2D eigenvalue weighted by Crippen LogP contribution is -2.38. The van der Waals surface area contributed by atoms with Crippen molar-refractivity contribution in [3.63, 3.8) is 0 Å². The molecule has 2 aliphatic heterocycles. The van der Waals surface area contributed by atoms with Crippen LogP contribution in [-0.2, 0) is 0 Å². The zero-order valence-corrected chi connectivity index (χ0v) is 16.6. The van der Waals surface area contributed by atoms with Gasteiger partial charge in [-0.15, -0.1) is 23.7 Å². The smallest absolute Gasteiger partial charge is 0.267 e. The lowest BCUT2D eigenvalue weighted by Gasteiger charge is -2.24. The van der Waals surface area contributed by atoms with E-state index in [1.54, 1.807) is 11.3 Å². The quantitative estimate of drug-likeness (QED) is 0.847. The second-order valence-electron chi connectivity index (χ2n) is 6.78. The van der Waals surface area contributed by atoms with Crippen LogP contribution >= 0.6 is 23.7 Å². The summed E-state index contributed by atoms with van der Waals surface area (Å²) in [7, 11) is 0. The van der Waals surface area contributed by atoms with E-state index in [-0.39, 0.29) is 18.3 Å². The fourth-order valence-corrected chi connectivity index (χ4v) is 4.88. The van der Waals surface area contributed by atoms with Crippen LogP contribution in [0.2, 0.25) is 0 Å². The van der Waals surface area contributed by atoms with Gasteiger partial charge in [0.05, 0.1) is 6.61 Å². The topological polar surface area (TPSA) is 41.6 Å². The summed E-state index contributed by atoms with van der Waals surface area (Å²) in [5.74, 6) is 0.837. The number of fused-ring (bicyclic) bond motifs is 2. The maximum Gasteiger partial charge on any atom is 0.267 e. The molecule has 0 saturated carbocycles. The van der Waals surface area contributed by atoms with E-state index in [4.69, 9.17) is 4.74 Å². The number of carbonyl (C=O) groups is 1. The van der Waals surface area contributed by atoms with E-state index in [2.05, 4.69) is 17.4 Å². The summed E-state index contributed by atoms with van der Waals surface area (Å²) in [5, 5.41) is 3.64. The van der Waals surface area contributed by atoms with Crippen molar-refractivity contribution in [1.29, 1.82) is 0 Å². The number of hydrogen-bond donors (Lipinski definition) is 1. The van der Waals surface area contributed by atoms with E-state index in [1.807, 2.05) is 36.1 Å². The number of halogens is 1. The number of ether oxygens (including phenoxy) is 1. The maximum absolute atomic E-state index is 13.2. The summed E-state index contributed by atoms with van der Waals surface area (Å²) in [6, 6.07) is 13.2. The van der Waals surface area contributed by atoms with Crippen molar-refractivity contribution in [3.05, 3.63) is 41.3 Å². The Morgan fingerprint density at radius 2 is 2.00 bits per heavy atom. The lowest BCUT2D eigenvalue weighted by atomic mass is 10.1. The molecular weight excluding hydrogens is 368 g/mol. The van der Waals surface area contributed by atoms with E-state index in [1.165, 1.54) is 12.8 Å². The molecule has 140 valence electrons. The molecule has 3 heterocycles. The SMILES string of the molecule is CCOc1cc(-c2ccccc2)sc1C(=O)N1CCC2CCC(C1)N2.Cl. The third-order valence-corrected chi connectivity index (χ3v) is 6.21. The van der Waals surface area contributed by atoms with Gasteiger partial charge in [-0.3, -0.25) is 4.79 Å². The first-order valence-electron chi connectivity index (χ1n) is 9.12. The Balaban J connectivity index is 0.00000196. The Hall–Kier alpha value is -1.56. The molecule has 1 aromatic heterocycles. The highest BCUT2D eigenvalue weighted by molar-refractivity contribution is 7.17. The van der Waals surface area contributed by atoms with Crippen LogP contribution in [0.5, 0.6) is 5.75 Å². The Kier molecular flexibility index (Phi) is 6.22. The third-order valence-electron chi connectivity index (χ3n) is 5.06. The Labute approximate surface area is 165 Å². The molecule has 2 bridgehead atoms. The molecule has 1 N–H and O–H groups in total. The van der Waals surface area contributed by atoms with Crippen LogP contribution in [0.4, 0.5) is 0 Å². The van der Waals surface area contributed by atoms with E-state index in [9.17, 15) is 4.79 Å². The molecule has 4 rings (SSSR count). The van der Waals surface area contributed by atoms with Crippen LogP contribution in [0, 0.1) is 0 Å². The van der Waals surface area contributed by atoms with Crippen LogP contribution in [0.1, 0.15) is 35.9 Å². The minimum atomic E-state index is 0. The van der Waals surface area contributed by atoms with E-state index >= 15 is 0 Å². The largest absolute Gasteiger partial charge is 0.492 e. The van der Waals surface area contributed by atoms with E-state index < -0.39 is 0 Å². The second-order valence-corrected chi connectivity index (χ2v) is 7.83. The van der Waals surface area contributed by atoms with Crippen molar-refractivity contribution >= 4 is 29.7 Å². The van der Waals surface area contributed by atoms with Gasteiger partial charge in [0.25, 0.3) is 5.91 Å². The minimum Gasteiger partial charge on any atom is -0.492 e. The molecule has 2 unspecified atom stereocenters. The Morgan fingerprint density at radius 3 is 2.77 bits per heavy atom. The standard InChI is InChI=1S/C20H24N2O2S.ClH/c1-2-24-17-12-18(14-6-4-3-5-7-14)25-19(17)20(23)22-11-10-15-8-9-16(13-22)21-15;/h3-7,12,15-16,21H,2,8-11,13H2,1H3;1H. The predicted octanol–water partition coefficient (Wildman–Crippen LogP) is 4.20. The molecule has 2 fully saturated rings. The first kappa shape index (κ1) is 19.2. The van der Waals surface area contributed by atoms with Crippen LogP contribution < -0.4 is 10.1 Å². The molecule has 2 aromatic rings. The van der Waals surface area contributed by atoms with Crippen molar-refractivity contribution < 1.29 is 9.53 Å². The summed E-state index contributed by atoms with van der Waals surface area (Å²) in [6.07, 6.45) is 3.46. The Morgan fingerprint density at radius 1 is 1.23 bits per heavy atom. The maximum atomic E-state index is 13.2. The van der Waals surface area contributed by atoms with Crippen molar-refractivity contribution in [2.24, 2.45) is 0 Å². The van der Waals surface area contributed by atoms with Crippen LogP contribution in [0.3, 0.4) is 0 Å². The van der Waals surface area contributed by atoms with Crippen molar-refractivity contribution in [3.8, 4) is 16.2 Å². The number of benzene rings is 1. The molecule has 0 spiro atoms. The number of nitrogens with one attached hydrogen (secondary N) is 1. The van der Waals surface area contributed by atoms with Crippen LogP contribution in [-0.4, -0.2) is 42.6 Å². The minimum absolute atomic E-state index is 0. The molecule has 1 aromatic carbocycles. The van der Waals surface area contributed by atoms with Gasteiger partial charge in [0.15, 0.2) is 0 Å². The first-order valence-corrected chi connectivity index (χ1v) is 9.93. The van der Waals surface area contributed by atoms with Gasteiger partial charge in [-0.05, 0) is 37.8 Å². The van der Waals surface area contributed by atoms with Gasteiger partial charge in [-0.2, -0.15) is 0 Å². The van der Waals surface area contributed by atoms with Gasteiger partial charge < -0.3 is 15.0 Å². The highest BCUT2D eigenvalue weighted by Gasteiger charge is 2.33. The number of nitrogens with zero attached hydrogens (tertiary/aromatic N) is 1. The molecule has 4 nitrogen and oxygen atoms in total. The summed E-state index contributed by atoms with van der Waals surface area (Å²) in [6.45, 7) is 4.16. The summed E-state index contributed by atoms with van der Waals surface area (Å²) < 4.78 is 5.79. The van der Waals surface area contributed by atoms with E-state index in [0.717, 1.165) is 40.6 Å². The molecule has 0 aliphatic carbocycles. The number of likely N-dealkylation sites (tertiary alicyclic amines) is 1. The Bertz CT molecular complexity index is 750. The van der Waals surface area contributed by atoms with Gasteiger partial charge in [-0.1, -0.05) is 30.3 Å². The predicted molar refractivity (Wildman–Crippen MR) is 109 cm³/mol. The monoisotopic (exact) mass is 392 g/mol. The fourth-order valence-electron chi connectivity index (χ4n) is 3.80. The molecule has 0 radical (unpaired) electrons. The third kappa shape index (κ3) is 3.90. The lowest BCUT2D eigenvalue weighted by molar-refractivity contribution is 0.0749. The van der Waals surface area contributed by atoms with E-state index in [0.29, 0.717) is 18.7 Å². The number of carbonyl (C=O) groups excluding carboxylic acids is 1. The molecule has 2 atom stereocenters. The molecule has 6 heteroatoms. The number of hydrogen-bond acceptors (Lipinski definition) is 4. The number of rotatable bonds is 4. The van der Waals surface area contributed by atoms with Crippen LogP contribution in [0.15, 0.2) is 36.4 Å². The molecule has 1 amide bonds. The average molecular weight is 393 g/mol. The molecule has 2 aliphatic rings. The molecule has 2 saturated heterocycles. The van der Waals surface area contributed by atoms with Crippen LogP contribution in [0.25, 0.3) is 10.4 Å². The fraction of sp³-hybridized carbons (Fsp3) is 0.450. The highest BCUT2D eigenvalue weighted by Crippen LogP contribution is 2.37.